The van der Waals surface area contributed by atoms with Crippen molar-refractivity contribution in [2.45, 2.75) is 46.8 Å². The molecule has 8 nitrogen and oxygen atoms in total. The Bertz CT molecular complexity index is 1260. The molecule has 2 aromatic carbocycles. The molecule has 36 heavy (non-hydrogen) atoms. The van der Waals surface area contributed by atoms with Gasteiger partial charge in [0, 0.05) is 18.2 Å². The van der Waals surface area contributed by atoms with Gasteiger partial charge in [-0.3, -0.25) is 19.3 Å². The number of hydrogen-bond acceptors (Lipinski definition) is 5. The van der Waals surface area contributed by atoms with Crippen molar-refractivity contribution in [3.05, 3.63) is 78.1 Å². The van der Waals surface area contributed by atoms with Crippen molar-refractivity contribution in [3.8, 4) is 11.1 Å². The van der Waals surface area contributed by atoms with E-state index in [0.29, 0.717) is 11.3 Å². The van der Waals surface area contributed by atoms with Gasteiger partial charge in [-0.15, -0.1) is 0 Å². The van der Waals surface area contributed by atoms with Gasteiger partial charge in [-0.2, -0.15) is 0 Å². The summed E-state index contributed by atoms with van der Waals surface area (Å²) in [5, 5.41) is 5.12. The Morgan fingerprint density at radius 1 is 1.03 bits per heavy atom. The summed E-state index contributed by atoms with van der Waals surface area (Å²) in [6.07, 6.45) is 0. The largest absolute Gasteiger partial charge is 0.455 e. The summed E-state index contributed by atoms with van der Waals surface area (Å²) in [6.45, 7) is 16.3. The number of ether oxygens (including phenoxy) is 1. The number of rotatable bonds is 8. The lowest BCUT2D eigenvalue weighted by Gasteiger charge is -2.29. The smallest absolute Gasteiger partial charge is 0.354 e. The predicted molar refractivity (Wildman–Crippen MR) is 137 cm³/mol. The molecule has 2 N–H and O–H groups in total. The lowest BCUT2D eigenvalue weighted by atomic mass is 9.95. The minimum atomic E-state index is -0.754. The minimum Gasteiger partial charge on any atom is -0.455 e. The highest BCUT2D eigenvalue weighted by Gasteiger charge is 2.34. The first-order chi connectivity index (χ1) is 16.8. The third-order valence-electron chi connectivity index (χ3n) is 6.33. The Morgan fingerprint density at radius 3 is 2.22 bits per heavy atom. The molecule has 0 atom stereocenters. The Balaban J connectivity index is 1.74. The molecule has 1 aliphatic rings. The van der Waals surface area contributed by atoms with E-state index >= 15 is 0 Å². The third kappa shape index (κ3) is 5.54. The Labute approximate surface area is 211 Å². The SMILES string of the molecule is C=C(NC(=O)C(=C)N1Cc2c(cccc2-c2ccc(NC(C)=O)cc2)C1=O)C(=O)OC(C)(C)C(C)C. The maximum Gasteiger partial charge on any atom is 0.354 e. The average molecular weight is 490 g/mol. The second-order valence-corrected chi connectivity index (χ2v) is 9.51. The van der Waals surface area contributed by atoms with Crippen molar-refractivity contribution in [1.29, 1.82) is 0 Å². The fourth-order valence-corrected chi connectivity index (χ4v) is 3.56. The second-order valence-electron chi connectivity index (χ2n) is 9.51. The van der Waals surface area contributed by atoms with Crippen LogP contribution in [0, 0.1) is 5.92 Å². The molecule has 0 radical (unpaired) electrons. The molecule has 0 spiro atoms. The van der Waals surface area contributed by atoms with Crippen LogP contribution < -0.4 is 10.6 Å². The molecule has 0 fully saturated rings. The van der Waals surface area contributed by atoms with Crippen molar-refractivity contribution >= 4 is 29.4 Å². The van der Waals surface area contributed by atoms with E-state index in [2.05, 4.69) is 23.8 Å². The molecule has 8 heteroatoms. The topological polar surface area (TPSA) is 105 Å². The molecular weight excluding hydrogens is 458 g/mol. The maximum absolute atomic E-state index is 13.1. The van der Waals surface area contributed by atoms with Gasteiger partial charge in [-0.05, 0) is 54.7 Å². The van der Waals surface area contributed by atoms with Crippen LogP contribution in [0.1, 0.15) is 50.5 Å². The first kappa shape index (κ1) is 26.4. The molecule has 188 valence electrons. The Morgan fingerprint density at radius 2 is 1.64 bits per heavy atom. The molecular formula is C28H31N3O5. The number of nitrogens with zero attached hydrogens (tertiary/aromatic N) is 1. The second kappa shape index (κ2) is 10.2. The number of anilines is 1. The Kier molecular flexibility index (Phi) is 7.48. The normalized spacial score (nSPS) is 12.7. The van der Waals surface area contributed by atoms with E-state index < -0.39 is 17.5 Å². The highest BCUT2D eigenvalue weighted by Crippen LogP contribution is 2.34. The summed E-state index contributed by atoms with van der Waals surface area (Å²) in [6, 6.07) is 12.6. The van der Waals surface area contributed by atoms with E-state index in [1.807, 2.05) is 32.0 Å². The van der Waals surface area contributed by atoms with E-state index in [4.69, 9.17) is 4.74 Å². The molecule has 0 saturated heterocycles. The molecule has 1 heterocycles. The van der Waals surface area contributed by atoms with E-state index in [1.165, 1.54) is 11.8 Å². The van der Waals surface area contributed by atoms with Gasteiger partial charge in [0.25, 0.3) is 11.8 Å². The van der Waals surface area contributed by atoms with E-state index in [1.54, 1.807) is 38.1 Å². The van der Waals surface area contributed by atoms with Gasteiger partial charge in [0.15, 0.2) is 0 Å². The molecule has 0 aromatic heterocycles. The standard InChI is InChI=1S/C28H31N3O5/c1-16(2)28(6,7)36-27(35)17(3)29-25(33)18(4)31-15-24-22(9-8-10-23(24)26(31)34)20-11-13-21(14-12-20)30-19(5)32/h8-14,16H,3-4,15H2,1-2,5-7H3,(H,29,33)(H,30,32). The summed E-state index contributed by atoms with van der Waals surface area (Å²) in [5.74, 6) is -1.95. The average Bonchev–Trinajstić information content (AvgIpc) is 3.14. The summed E-state index contributed by atoms with van der Waals surface area (Å²) < 4.78 is 5.45. The summed E-state index contributed by atoms with van der Waals surface area (Å²) in [7, 11) is 0. The fraction of sp³-hybridized carbons (Fsp3) is 0.286. The molecule has 0 bridgehead atoms. The van der Waals surface area contributed by atoms with Crippen molar-refractivity contribution in [1.82, 2.24) is 10.2 Å². The summed E-state index contributed by atoms with van der Waals surface area (Å²) in [4.78, 5) is 50.9. The van der Waals surface area contributed by atoms with Crippen molar-refractivity contribution in [3.63, 3.8) is 0 Å². The number of nitrogens with one attached hydrogen (secondary N) is 2. The summed E-state index contributed by atoms with van der Waals surface area (Å²) in [5.41, 5.74) is 2.47. The number of carbonyl (C=O) groups excluding carboxylic acids is 4. The lowest BCUT2D eigenvalue weighted by Crippen LogP contribution is -2.39. The molecule has 2 aromatic rings. The van der Waals surface area contributed by atoms with Crippen molar-refractivity contribution in [2.75, 3.05) is 5.32 Å². The molecule has 3 amide bonds. The first-order valence-corrected chi connectivity index (χ1v) is 11.6. The zero-order valence-electron chi connectivity index (χ0n) is 21.2. The fourth-order valence-electron chi connectivity index (χ4n) is 3.56. The third-order valence-corrected chi connectivity index (χ3v) is 6.33. The van der Waals surface area contributed by atoms with Crippen molar-refractivity contribution < 1.29 is 23.9 Å². The molecule has 3 rings (SSSR count). The van der Waals surface area contributed by atoms with Gasteiger partial charge in [0.1, 0.15) is 17.0 Å². The van der Waals surface area contributed by atoms with Crippen LogP contribution in [0.3, 0.4) is 0 Å². The van der Waals surface area contributed by atoms with Crippen LogP contribution in [0.4, 0.5) is 5.69 Å². The number of benzene rings is 2. The molecule has 0 aliphatic carbocycles. The Hall–Kier alpha value is -4.20. The van der Waals surface area contributed by atoms with Crippen LogP contribution in [-0.2, 0) is 25.7 Å². The van der Waals surface area contributed by atoms with Gasteiger partial charge in [-0.1, -0.05) is 51.3 Å². The van der Waals surface area contributed by atoms with Gasteiger partial charge in [0.05, 0.1) is 6.54 Å². The number of hydrogen-bond donors (Lipinski definition) is 2. The summed E-state index contributed by atoms with van der Waals surface area (Å²) >= 11 is 0. The van der Waals surface area contributed by atoms with Gasteiger partial charge >= 0.3 is 5.97 Å². The predicted octanol–water partition coefficient (Wildman–Crippen LogP) is 4.39. The minimum absolute atomic E-state index is 0.0523. The quantitative estimate of drug-likeness (QED) is 0.423. The molecule has 0 saturated carbocycles. The van der Waals surface area contributed by atoms with Crippen LogP contribution in [0.2, 0.25) is 0 Å². The van der Waals surface area contributed by atoms with Gasteiger partial charge in [-0.25, -0.2) is 4.79 Å². The van der Waals surface area contributed by atoms with Crippen LogP contribution in [0.15, 0.2) is 67.0 Å². The molecule has 1 aliphatic heterocycles. The molecule has 0 unspecified atom stereocenters. The van der Waals surface area contributed by atoms with E-state index in [9.17, 15) is 19.2 Å². The van der Waals surface area contributed by atoms with E-state index in [0.717, 1.165) is 16.7 Å². The van der Waals surface area contributed by atoms with Crippen LogP contribution in [0.5, 0.6) is 0 Å². The zero-order chi connectivity index (χ0) is 26.8. The number of amides is 3. The lowest BCUT2D eigenvalue weighted by molar-refractivity contribution is -0.156. The van der Waals surface area contributed by atoms with Crippen LogP contribution in [0.25, 0.3) is 11.1 Å². The number of carbonyl (C=O) groups is 4. The van der Waals surface area contributed by atoms with Crippen molar-refractivity contribution in [2.24, 2.45) is 5.92 Å². The number of fused-ring (bicyclic) bond motifs is 1. The van der Waals surface area contributed by atoms with Crippen LogP contribution in [-0.4, -0.2) is 34.2 Å². The monoisotopic (exact) mass is 489 g/mol. The van der Waals surface area contributed by atoms with Gasteiger partial charge < -0.3 is 15.4 Å². The van der Waals surface area contributed by atoms with Crippen LogP contribution >= 0.6 is 0 Å². The van der Waals surface area contributed by atoms with Gasteiger partial charge in [0.2, 0.25) is 5.91 Å². The first-order valence-electron chi connectivity index (χ1n) is 11.6. The van der Waals surface area contributed by atoms with E-state index in [-0.39, 0.29) is 35.7 Å². The highest BCUT2D eigenvalue weighted by molar-refractivity contribution is 6.08. The highest BCUT2D eigenvalue weighted by atomic mass is 16.6. The number of esters is 1. The maximum atomic E-state index is 13.1. The zero-order valence-corrected chi connectivity index (χ0v) is 21.2.